The van der Waals surface area contributed by atoms with Gasteiger partial charge in [0, 0.05) is 16.9 Å². The molecule has 0 radical (unpaired) electrons. The zero-order valence-electron chi connectivity index (χ0n) is 8.84. The lowest BCUT2D eigenvalue weighted by atomic mass is 10.3. The lowest BCUT2D eigenvalue weighted by Gasteiger charge is -2.07. The molecule has 2 aromatic rings. The number of para-hydroxylation sites is 1. The Bertz CT molecular complexity index is 655. The second kappa shape index (κ2) is 5.44. The minimum Gasteiger partial charge on any atom is -0.487 e. The lowest BCUT2D eigenvalue weighted by molar-refractivity contribution is 0.301. The molecule has 8 heteroatoms. The first-order valence-electron chi connectivity index (χ1n) is 4.73. The molecular formula is C10H7Cl2NO3S2. The highest BCUT2D eigenvalue weighted by atomic mass is 35.7. The number of thiazole rings is 1. The first-order chi connectivity index (χ1) is 8.47. The Labute approximate surface area is 118 Å². The van der Waals surface area contributed by atoms with Gasteiger partial charge in [0.1, 0.15) is 17.3 Å². The van der Waals surface area contributed by atoms with Gasteiger partial charge in [-0.1, -0.05) is 23.7 Å². The summed E-state index contributed by atoms with van der Waals surface area (Å²) in [5.74, 6) is 0.206. The number of benzene rings is 1. The number of rotatable bonds is 4. The molecule has 2 rings (SSSR count). The van der Waals surface area contributed by atoms with E-state index in [9.17, 15) is 8.42 Å². The number of ether oxygens (including phenoxy) is 1. The van der Waals surface area contributed by atoms with Gasteiger partial charge in [0.15, 0.2) is 4.47 Å². The summed E-state index contributed by atoms with van der Waals surface area (Å²) in [6.45, 7) is 0.188. The van der Waals surface area contributed by atoms with Crippen molar-refractivity contribution in [2.45, 2.75) is 11.5 Å². The fourth-order valence-electron chi connectivity index (χ4n) is 1.27. The van der Waals surface area contributed by atoms with Crippen LogP contribution in [-0.4, -0.2) is 13.4 Å². The van der Waals surface area contributed by atoms with Gasteiger partial charge in [-0.15, -0.1) is 11.3 Å². The summed E-state index contributed by atoms with van der Waals surface area (Å²) in [4.78, 5) is 4.60. The molecule has 0 bridgehead atoms. The van der Waals surface area contributed by atoms with Crippen LogP contribution >= 0.6 is 33.6 Å². The zero-order chi connectivity index (χ0) is 13.2. The van der Waals surface area contributed by atoms with E-state index in [-0.39, 0.29) is 17.3 Å². The molecule has 18 heavy (non-hydrogen) atoms. The Hall–Kier alpha value is -0.820. The third kappa shape index (κ3) is 3.35. The summed E-state index contributed by atoms with van der Waals surface area (Å²) in [5.41, 5.74) is 0. The van der Waals surface area contributed by atoms with E-state index in [1.165, 1.54) is 23.5 Å². The van der Waals surface area contributed by atoms with Crippen molar-refractivity contribution in [2.24, 2.45) is 0 Å². The molecule has 0 aliphatic rings. The van der Waals surface area contributed by atoms with Crippen LogP contribution in [0.4, 0.5) is 0 Å². The molecule has 4 nitrogen and oxygen atoms in total. The average Bonchev–Trinajstić information content (AvgIpc) is 2.72. The van der Waals surface area contributed by atoms with E-state index in [1.807, 2.05) is 0 Å². The Balaban J connectivity index is 2.20. The molecule has 1 aromatic carbocycles. The van der Waals surface area contributed by atoms with Crippen LogP contribution in [0, 0.1) is 0 Å². The summed E-state index contributed by atoms with van der Waals surface area (Å²) in [6, 6.07) is 6.17. The maximum absolute atomic E-state index is 11.3. The second-order valence-corrected chi connectivity index (χ2v) is 7.48. The van der Waals surface area contributed by atoms with Crippen molar-refractivity contribution in [3.05, 3.63) is 39.8 Å². The van der Waals surface area contributed by atoms with Crippen molar-refractivity contribution in [2.75, 3.05) is 0 Å². The molecule has 1 aromatic heterocycles. The number of aromatic nitrogens is 1. The van der Waals surface area contributed by atoms with Crippen LogP contribution in [0.5, 0.6) is 5.75 Å². The largest absolute Gasteiger partial charge is 0.487 e. The predicted octanol–water partition coefficient (Wildman–Crippen LogP) is 3.30. The van der Waals surface area contributed by atoms with Crippen LogP contribution in [0.15, 0.2) is 35.4 Å². The molecule has 0 aliphatic carbocycles. The van der Waals surface area contributed by atoms with E-state index in [2.05, 4.69) is 4.98 Å². The highest BCUT2D eigenvalue weighted by Gasteiger charge is 2.16. The van der Waals surface area contributed by atoms with E-state index in [4.69, 9.17) is 27.0 Å². The SMILES string of the molecule is O=S(=O)(Cl)c1ccccc1OCc1cnc(Cl)s1. The molecule has 0 aliphatic heterocycles. The van der Waals surface area contributed by atoms with Crippen LogP contribution in [0.25, 0.3) is 0 Å². The molecule has 0 fully saturated rings. The van der Waals surface area contributed by atoms with Crippen molar-refractivity contribution >= 4 is 42.7 Å². The third-order valence-corrected chi connectivity index (χ3v) is 4.46. The van der Waals surface area contributed by atoms with Crippen LogP contribution in [-0.2, 0) is 15.7 Å². The van der Waals surface area contributed by atoms with Gasteiger partial charge in [-0.2, -0.15) is 0 Å². The Morgan fingerprint density at radius 2 is 2.06 bits per heavy atom. The topological polar surface area (TPSA) is 56.3 Å². The maximum Gasteiger partial charge on any atom is 0.264 e. The smallest absolute Gasteiger partial charge is 0.264 e. The van der Waals surface area contributed by atoms with Gasteiger partial charge < -0.3 is 4.74 Å². The van der Waals surface area contributed by atoms with E-state index in [0.29, 0.717) is 4.47 Å². The monoisotopic (exact) mass is 323 g/mol. The van der Waals surface area contributed by atoms with Crippen molar-refractivity contribution < 1.29 is 13.2 Å². The van der Waals surface area contributed by atoms with Gasteiger partial charge in [0.2, 0.25) is 0 Å². The first-order valence-corrected chi connectivity index (χ1v) is 8.24. The van der Waals surface area contributed by atoms with E-state index in [0.717, 1.165) is 4.88 Å². The molecule has 0 N–H and O–H groups in total. The summed E-state index contributed by atoms with van der Waals surface area (Å²) in [6.07, 6.45) is 1.57. The Morgan fingerprint density at radius 3 is 2.67 bits per heavy atom. The number of hydrogen-bond donors (Lipinski definition) is 0. The Kier molecular flexibility index (Phi) is 4.11. The van der Waals surface area contributed by atoms with E-state index < -0.39 is 9.05 Å². The molecule has 96 valence electrons. The highest BCUT2D eigenvalue weighted by Crippen LogP contribution is 2.28. The fourth-order valence-corrected chi connectivity index (χ4v) is 3.15. The van der Waals surface area contributed by atoms with Crippen molar-refractivity contribution in [3.8, 4) is 5.75 Å². The molecule has 1 heterocycles. The van der Waals surface area contributed by atoms with Gasteiger partial charge in [-0.05, 0) is 12.1 Å². The highest BCUT2D eigenvalue weighted by molar-refractivity contribution is 8.13. The van der Waals surface area contributed by atoms with Crippen molar-refractivity contribution in [1.82, 2.24) is 4.98 Å². The summed E-state index contributed by atoms with van der Waals surface area (Å²) >= 11 is 6.95. The quantitative estimate of drug-likeness (QED) is 0.810. The van der Waals surface area contributed by atoms with Crippen molar-refractivity contribution in [1.29, 1.82) is 0 Å². The van der Waals surface area contributed by atoms with Gasteiger partial charge in [-0.3, -0.25) is 0 Å². The minimum atomic E-state index is -3.82. The third-order valence-electron chi connectivity index (χ3n) is 2.01. The van der Waals surface area contributed by atoms with Crippen LogP contribution < -0.4 is 4.74 Å². The number of halogens is 2. The molecule has 0 saturated heterocycles. The average molecular weight is 324 g/mol. The maximum atomic E-state index is 11.3. The predicted molar refractivity (Wildman–Crippen MR) is 70.9 cm³/mol. The molecule has 0 spiro atoms. The second-order valence-electron chi connectivity index (χ2n) is 3.25. The number of hydrogen-bond acceptors (Lipinski definition) is 5. The lowest BCUT2D eigenvalue weighted by Crippen LogP contribution is -1.99. The summed E-state index contributed by atoms with van der Waals surface area (Å²) in [5, 5.41) is 0. The van der Waals surface area contributed by atoms with E-state index >= 15 is 0 Å². The zero-order valence-corrected chi connectivity index (χ0v) is 12.0. The number of nitrogens with zero attached hydrogens (tertiary/aromatic N) is 1. The van der Waals surface area contributed by atoms with Crippen LogP contribution in [0.2, 0.25) is 4.47 Å². The van der Waals surface area contributed by atoms with Gasteiger partial charge in [-0.25, -0.2) is 13.4 Å². The fraction of sp³-hybridized carbons (Fsp3) is 0.100. The van der Waals surface area contributed by atoms with Crippen LogP contribution in [0.3, 0.4) is 0 Å². The van der Waals surface area contributed by atoms with Crippen molar-refractivity contribution in [3.63, 3.8) is 0 Å². The van der Waals surface area contributed by atoms with E-state index in [1.54, 1.807) is 18.3 Å². The van der Waals surface area contributed by atoms with Crippen LogP contribution in [0.1, 0.15) is 4.88 Å². The standard InChI is InChI=1S/C10H7Cl2NO3S2/c11-10-13-5-7(17-10)6-16-8-3-1-2-4-9(8)18(12,14)15/h1-5H,6H2. The molecule has 0 unspecified atom stereocenters. The Morgan fingerprint density at radius 1 is 1.33 bits per heavy atom. The summed E-state index contributed by atoms with van der Waals surface area (Å²) < 4.78 is 28.5. The summed E-state index contributed by atoms with van der Waals surface area (Å²) in [7, 11) is 1.49. The van der Waals surface area contributed by atoms with Gasteiger partial charge in [0.25, 0.3) is 9.05 Å². The van der Waals surface area contributed by atoms with Gasteiger partial charge in [0.05, 0.1) is 4.88 Å². The van der Waals surface area contributed by atoms with Gasteiger partial charge >= 0.3 is 0 Å². The molecular weight excluding hydrogens is 317 g/mol. The molecule has 0 atom stereocenters. The first kappa shape index (κ1) is 13.6. The molecule has 0 amide bonds. The minimum absolute atomic E-state index is 0.0534. The normalized spacial score (nSPS) is 11.4. The molecule has 0 saturated carbocycles.